The van der Waals surface area contributed by atoms with Crippen molar-refractivity contribution < 1.29 is 19.1 Å². The molecule has 3 rings (SSSR count). The Balaban J connectivity index is 1.64. The highest BCUT2D eigenvalue weighted by Gasteiger charge is 2.22. The fraction of sp³-hybridized carbons (Fsp3) is 0.333. The number of ether oxygens (including phenoxy) is 2. The van der Waals surface area contributed by atoms with Crippen molar-refractivity contribution in [2.45, 2.75) is 13.0 Å². The Morgan fingerprint density at radius 1 is 1.50 bits per heavy atom. The first-order chi connectivity index (χ1) is 12.5. The van der Waals surface area contributed by atoms with E-state index in [9.17, 15) is 9.59 Å². The zero-order valence-electron chi connectivity index (χ0n) is 14.6. The maximum Gasteiger partial charge on any atom is 0.320 e. The summed E-state index contributed by atoms with van der Waals surface area (Å²) in [6.45, 7) is 3.22. The van der Waals surface area contributed by atoms with E-state index in [1.807, 2.05) is 11.8 Å². The van der Waals surface area contributed by atoms with Crippen molar-refractivity contribution in [1.82, 2.24) is 14.9 Å². The topological polar surface area (TPSA) is 93.7 Å². The van der Waals surface area contributed by atoms with Gasteiger partial charge >= 0.3 is 5.97 Å². The minimum atomic E-state index is -0.285. The molecule has 1 fully saturated rings. The van der Waals surface area contributed by atoms with E-state index in [4.69, 9.17) is 9.47 Å². The second-order valence-electron chi connectivity index (χ2n) is 6.02. The smallest absolute Gasteiger partial charge is 0.320 e. The number of fused-ring (bicyclic) bond motifs is 1. The minimum Gasteiger partial charge on any atom is -0.494 e. The van der Waals surface area contributed by atoms with Gasteiger partial charge in [-0.1, -0.05) is 6.08 Å². The second kappa shape index (κ2) is 7.92. The van der Waals surface area contributed by atoms with Gasteiger partial charge in [-0.3, -0.25) is 14.5 Å². The van der Waals surface area contributed by atoms with E-state index in [0.717, 1.165) is 10.9 Å². The second-order valence-corrected chi connectivity index (χ2v) is 6.02. The monoisotopic (exact) mass is 356 g/mol. The molecule has 1 amide bonds. The summed E-state index contributed by atoms with van der Waals surface area (Å²) in [5.74, 6) is -0.0117. The molecule has 8 heteroatoms. The molecule has 1 atom stereocenters. The first-order valence-electron chi connectivity index (χ1n) is 8.22. The first kappa shape index (κ1) is 17.8. The highest BCUT2D eigenvalue weighted by Crippen LogP contribution is 2.28. The molecule has 0 aliphatic carbocycles. The zero-order chi connectivity index (χ0) is 18.5. The number of carbonyl (C=O) groups excluding carboxylic acids is 2. The van der Waals surface area contributed by atoms with Crippen molar-refractivity contribution in [1.29, 1.82) is 0 Å². The number of methoxy groups -OCH3 is 1. The van der Waals surface area contributed by atoms with Crippen LogP contribution in [-0.4, -0.2) is 59.6 Å². The van der Waals surface area contributed by atoms with Crippen molar-refractivity contribution in [2.24, 2.45) is 0 Å². The number of amides is 1. The van der Waals surface area contributed by atoms with Crippen molar-refractivity contribution in [2.75, 3.05) is 32.1 Å². The molecule has 2 heterocycles. The van der Waals surface area contributed by atoms with Crippen LogP contribution in [0.4, 0.5) is 5.69 Å². The molecule has 1 aliphatic rings. The third-order valence-electron chi connectivity index (χ3n) is 3.92. The van der Waals surface area contributed by atoms with Crippen LogP contribution in [0.25, 0.3) is 10.9 Å². The highest BCUT2D eigenvalue weighted by atomic mass is 16.5. The Labute approximate surface area is 150 Å². The molecule has 0 spiro atoms. The molecule has 0 unspecified atom stereocenters. The van der Waals surface area contributed by atoms with Gasteiger partial charge in [-0.05, 0) is 13.0 Å². The van der Waals surface area contributed by atoms with Gasteiger partial charge in [0.2, 0.25) is 5.91 Å². The summed E-state index contributed by atoms with van der Waals surface area (Å²) >= 11 is 0. The van der Waals surface area contributed by atoms with E-state index < -0.39 is 0 Å². The number of rotatable bonds is 5. The fourth-order valence-electron chi connectivity index (χ4n) is 2.81. The maximum absolute atomic E-state index is 12.2. The summed E-state index contributed by atoms with van der Waals surface area (Å²) in [5.41, 5.74) is 1.27. The lowest BCUT2D eigenvalue weighted by atomic mass is 10.2. The molecule has 136 valence electrons. The van der Waals surface area contributed by atoms with Gasteiger partial charge in [0, 0.05) is 36.8 Å². The SMILES string of the molecule is COc1cc2ncncc2cc1NC(=O)C=CCN1CC(=O)O[C@H](C)C1. The molecule has 1 aromatic carbocycles. The number of benzene rings is 1. The summed E-state index contributed by atoms with van der Waals surface area (Å²) in [7, 11) is 1.53. The quantitative estimate of drug-likeness (QED) is 0.639. The Morgan fingerprint density at radius 3 is 3.12 bits per heavy atom. The number of nitrogens with zero attached hydrogens (tertiary/aromatic N) is 3. The Morgan fingerprint density at radius 2 is 2.35 bits per heavy atom. The first-order valence-corrected chi connectivity index (χ1v) is 8.22. The number of hydrogen-bond donors (Lipinski definition) is 1. The van der Waals surface area contributed by atoms with Crippen LogP contribution in [0.2, 0.25) is 0 Å². The number of aromatic nitrogens is 2. The van der Waals surface area contributed by atoms with Crippen molar-refractivity contribution in [3.05, 3.63) is 36.8 Å². The largest absolute Gasteiger partial charge is 0.494 e. The number of anilines is 1. The van der Waals surface area contributed by atoms with Gasteiger partial charge in [0.1, 0.15) is 18.2 Å². The molecule has 1 saturated heterocycles. The van der Waals surface area contributed by atoms with Gasteiger partial charge in [0.05, 0.1) is 24.9 Å². The van der Waals surface area contributed by atoms with Gasteiger partial charge in [-0.25, -0.2) is 9.97 Å². The average Bonchev–Trinajstić information content (AvgIpc) is 2.60. The van der Waals surface area contributed by atoms with Gasteiger partial charge in [0.25, 0.3) is 0 Å². The molecule has 1 N–H and O–H groups in total. The molecular formula is C18H20N4O4. The number of nitrogens with one attached hydrogen (secondary N) is 1. The van der Waals surface area contributed by atoms with E-state index in [-0.39, 0.29) is 24.5 Å². The summed E-state index contributed by atoms with van der Waals surface area (Å²) in [4.78, 5) is 33.7. The van der Waals surface area contributed by atoms with Gasteiger partial charge in [-0.2, -0.15) is 0 Å². The molecule has 0 saturated carbocycles. The van der Waals surface area contributed by atoms with E-state index >= 15 is 0 Å². The molecular weight excluding hydrogens is 336 g/mol. The third-order valence-corrected chi connectivity index (χ3v) is 3.92. The van der Waals surface area contributed by atoms with Crippen LogP contribution in [0.3, 0.4) is 0 Å². The van der Waals surface area contributed by atoms with Crippen LogP contribution in [-0.2, 0) is 14.3 Å². The summed E-state index contributed by atoms with van der Waals surface area (Å²) in [6.07, 6.45) is 6.15. The molecule has 26 heavy (non-hydrogen) atoms. The van der Waals surface area contributed by atoms with Crippen LogP contribution >= 0.6 is 0 Å². The fourth-order valence-corrected chi connectivity index (χ4v) is 2.81. The highest BCUT2D eigenvalue weighted by molar-refractivity contribution is 6.02. The van der Waals surface area contributed by atoms with Crippen LogP contribution < -0.4 is 10.1 Å². The molecule has 1 aliphatic heterocycles. The molecule has 0 bridgehead atoms. The Kier molecular flexibility index (Phi) is 5.43. The summed E-state index contributed by atoms with van der Waals surface area (Å²) in [5, 5.41) is 3.59. The average molecular weight is 356 g/mol. The van der Waals surface area contributed by atoms with E-state index in [2.05, 4.69) is 15.3 Å². The Bertz CT molecular complexity index is 852. The van der Waals surface area contributed by atoms with Crippen molar-refractivity contribution in [3.63, 3.8) is 0 Å². The van der Waals surface area contributed by atoms with Crippen molar-refractivity contribution in [3.8, 4) is 5.75 Å². The van der Waals surface area contributed by atoms with Gasteiger partial charge in [0.15, 0.2) is 0 Å². The number of cyclic esters (lactones) is 1. The zero-order valence-corrected chi connectivity index (χ0v) is 14.6. The Hall–Kier alpha value is -3.00. The van der Waals surface area contributed by atoms with Crippen LogP contribution in [0, 0.1) is 0 Å². The van der Waals surface area contributed by atoms with Gasteiger partial charge in [-0.15, -0.1) is 0 Å². The number of morpholine rings is 1. The minimum absolute atomic E-state index is 0.137. The molecule has 1 aromatic heterocycles. The number of hydrogen-bond acceptors (Lipinski definition) is 7. The lowest BCUT2D eigenvalue weighted by Gasteiger charge is -2.29. The number of carbonyl (C=O) groups is 2. The predicted molar refractivity (Wildman–Crippen MR) is 95.9 cm³/mol. The van der Waals surface area contributed by atoms with E-state index in [1.165, 1.54) is 19.5 Å². The van der Waals surface area contributed by atoms with Crippen LogP contribution in [0.5, 0.6) is 5.75 Å². The lowest BCUT2D eigenvalue weighted by molar-refractivity contribution is -0.156. The molecule has 8 nitrogen and oxygen atoms in total. The van der Waals surface area contributed by atoms with E-state index in [1.54, 1.807) is 24.4 Å². The van der Waals surface area contributed by atoms with E-state index in [0.29, 0.717) is 24.5 Å². The predicted octanol–water partition coefficient (Wildman–Crippen LogP) is 1.38. The summed E-state index contributed by atoms with van der Waals surface area (Å²) < 4.78 is 10.4. The summed E-state index contributed by atoms with van der Waals surface area (Å²) in [6, 6.07) is 3.51. The maximum atomic E-state index is 12.2. The van der Waals surface area contributed by atoms with Gasteiger partial charge < -0.3 is 14.8 Å². The molecule has 2 aromatic rings. The van der Waals surface area contributed by atoms with Crippen LogP contribution in [0.15, 0.2) is 36.8 Å². The third kappa shape index (κ3) is 4.34. The standard InChI is InChI=1S/C18H20N4O4/c1-12-9-22(10-18(24)26-12)5-3-4-17(23)21-15-6-13-8-19-11-20-14(13)7-16(15)25-2/h3-4,6-8,11-12H,5,9-10H2,1-2H3,(H,21,23)/t12-/m1/s1. The molecule has 0 radical (unpaired) electrons. The van der Waals surface area contributed by atoms with Crippen LogP contribution in [0.1, 0.15) is 6.92 Å². The van der Waals surface area contributed by atoms with Crippen molar-refractivity contribution >= 4 is 28.5 Å². The number of esters is 1. The normalized spacial score (nSPS) is 18.1. The lowest BCUT2D eigenvalue weighted by Crippen LogP contribution is -2.44.